The number of amides is 1. The number of fused-ring (bicyclic) bond motifs is 1. The average Bonchev–Trinajstić information content (AvgIpc) is 3.12. The van der Waals surface area contributed by atoms with Gasteiger partial charge in [0.15, 0.2) is 5.65 Å². The van der Waals surface area contributed by atoms with Crippen LogP contribution in [0.2, 0.25) is 5.02 Å². The zero-order valence-corrected chi connectivity index (χ0v) is 16.6. The fraction of sp³-hybridized carbons (Fsp3) is 0.238. The first-order chi connectivity index (χ1) is 14.1. The van der Waals surface area contributed by atoms with Gasteiger partial charge in [-0.15, -0.1) is 0 Å². The van der Waals surface area contributed by atoms with Gasteiger partial charge >= 0.3 is 0 Å². The van der Waals surface area contributed by atoms with Crippen LogP contribution in [0.3, 0.4) is 0 Å². The van der Waals surface area contributed by atoms with Crippen molar-refractivity contribution in [2.75, 3.05) is 18.8 Å². The van der Waals surface area contributed by atoms with Gasteiger partial charge in [-0.25, -0.2) is 14.6 Å². The molecule has 4 rings (SSSR count). The molecule has 1 atom stereocenters. The maximum atomic E-state index is 12.1. The van der Waals surface area contributed by atoms with Gasteiger partial charge in [0.05, 0.1) is 17.1 Å². The average molecular weight is 409 g/mol. The van der Waals surface area contributed by atoms with Crippen molar-refractivity contribution in [1.82, 2.24) is 24.6 Å². The van der Waals surface area contributed by atoms with Crippen LogP contribution in [0.1, 0.15) is 30.1 Å². The van der Waals surface area contributed by atoms with E-state index in [-0.39, 0.29) is 11.9 Å². The van der Waals surface area contributed by atoms with E-state index in [0.29, 0.717) is 34.1 Å². The number of hydrogen-bond acceptors (Lipinski definition) is 5. The lowest BCUT2D eigenvalue weighted by atomic mass is 10.1. The molecule has 2 N–H and O–H groups in total. The number of carbonyl (C=O) groups is 1. The second-order valence-electron chi connectivity index (χ2n) is 6.96. The minimum absolute atomic E-state index is 0.0118. The van der Waals surface area contributed by atoms with E-state index in [9.17, 15) is 4.79 Å². The van der Waals surface area contributed by atoms with Gasteiger partial charge in [-0.1, -0.05) is 36.4 Å². The minimum atomic E-state index is -0.0682. The molecule has 2 aromatic heterocycles. The Bertz CT molecular complexity index is 1110. The van der Waals surface area contributed by atoms with Crippen molar-refractivity contribution in [3.8, 4) is 0 Å². The summed E-state index contributed by atoms with van der Waals surface area (Å²) in [5, 5.41) is 6.15. The third-order valence-corrected chi connectivity index (χ3v) is 5.29. The third kappa shape index (κ3) is 3.86. The zero-order valence-electron chi connectivity index (χ0n) is 15.8. The van der Waals surface area contributed by atoms with E-state index in [1.807, 2.05) is 41.1 Å². The summed E-state index contributed by atoms with van der Waals surface area (Å²) in [4.78, 5) is 22.4. The lowest BCUT2D eigenvalue weighted by Crippen LogP contribution is -2.40. The van der Waals surface area contributed by atoms with E-state index in [1.54, 1.807) is 4.90 Å². The van der Waals surface area contributed by atoms with Crippen molar-refractivity contribution in [1.29, 1.82) is 0 Å². The standard InChI is InChI=1S/C21H21ClN6O/c1-2-18(29)27-10-4-7-16(12-27)28-21-19(20(23)24-13-25-21)17(26-28)9-8-14-5-3-6-15(22)11-14/h2-3,5-6,8-9,11,13,16H,1,4,7,10,12H2,(H2,23,24,25)/b9-8+. The molecule has 7 nitrogen and oxygen atoms in total. The molecule has 0 saturated carbocycles. The predicted molar refractivity (Wildman–Crippen MR) is 115 cm³/mol. The first-order valence-electron chi connectivity index (χ1n) is 9.40. The van der Waals surface area contributed by atoms with Crippen molar-refractivity contribution in [2.24, 2.45) is 0 Å². The number of aromatic nitrogens is 4. The third-order valence-electron chi connectivity index (χ3n) is 5.06. The maximum Gasteiger partial charge on any atom is 0.246 e. The van der Waals surface area contributed by atoms with Crippen LogP contribution in [0.5, 0.6) is 0 Å². The fourth-order valence-corrected chi connectivity index (χ4v) is 3.86. The second-order valence-corrected chi connectivity index (χ2v) is 7.40. The number of nitrogens with two attached hydrogens (primary N) is 1. The molecule has 0 spiro atoms. The van der Waals surface area contributed by atoms with Crippen LogP contribution in [-0.4, -0.2) is 43.6 Å². The SMILES string of the molecule is C=CC(=O)N1CCCC(n2nc(/C=C/c3cccc(Cl)c3)c3c(N)ncnc32)C1. The van der Waals surface area contributed by atoms with E-state index >= 15 is 0 Å². The van der Waals surface area contributed by atoms with Crippen LogP contribution in [0.15, 0.2) is 43.2 Å². The van der Waals surface area contributed by atoms with Crippen LogP contribution in [0, 0.1) is 0 Å². The van der Waals surface area contributed by atoms with Gasteiger partial charge in [0.2, 0.25) is 5.91 Å². The number of halogens is 1. The molecule has 8 heteroatoms. The Morgan fingerprint density at radius 2 is 2.17 bits per heavy atom. The molecule has 1 aromatic carbocycles. The number of nitrogen functional groups attached to an aromatic ring is 1. The Balaban J connectivity index is 1.73. The van der Waals surface area contributed by atoms with Crippen molar-refractivity contribution < 1.29 is 4.79 Å². The highest BCUT2D eigenvalue weighted by Gasteiger charge is 2.27. The summed E-state index contributed by atoms with van der Waals surface area (Å²) in [7, 11) is 0. The summed E-state index contributed by atoms with van der Waals surface area (Å²) in [6.45, 7) is 4.87. The van der Waals surface area contributed by atoms with Crippen molar-refractivity contribution >= 4 is 46.5 Å². The lowest BCUT2D eigenvalue weighted by molar-refractivity contribution is -0.127. The number of piperidine rings is 1. The highest BCUT2D eigenvalue weighted by atomic mass is 35.5. The molecule has 3 aromatic rings. The molecule has 3 heterocycles. The highest BCUT2D eigenvalue weighted by Crippen LogP contribution is 2.29. The van der Waals surface area contributed by atoms with E-state index in [1.165, 1.54) is 12.4 Å². The van der Waals surface area contributed by atoms with E-state index in [0.717, 1.165) is 24.9 Å². The molecular weight excluding hydrogens is 388 g/mol. The number of likely N-dealkylation sites (tertiary alicyclic amines) is 1. The van der Waals surface area contributed by atoms with Gasteiger partial charge in [-0.2, -0.15) is 5.10 Å². The Hall–Kier alpha value is -3.19. The first kappa shape index (κ1) is 19.1. The minimum Gasteiger partial charge on any atom is -0.383 e. The maximum absolute atomic E-state index is 12.1. The van der Waals surface area contributed by atoms with Gasteiger partial charge in [0, 0.05) is 18.1 Å². The van der Waals surface area contributed by atoms with E-state index < -0.39 is 0 Å². The summed E-state index contributed by atoms with van der Waals surface area (Å²) in [6, 6.07) is 7.56. The number of nitrogens with zero attached hydrogens (tertiary/aromatic N) is 5. The quantitative estimate of drug-likeness (QED) is 0.666. The molecule has 29 heavy (non-hydrogen) atoms. The fourth-order valence-electron chi connectivity index (χ4n) is 3.66. The van der Waals surface area contributed by atoms with Crippen LogP contribution in [0.4, 0.5) is 5.82 Å². The molecule has 1 saturated heterocycles. The number of rotatable bonds is 4. The molecular formula is C21H21ClN6O. The molecule has 1 unspecified atom stereocenters. The Labute approximate surface area is 173 Å². The van der Waals surface area contributed by atoms with Crippen molar-refractivity contribution in [2.45, 2.75) is 18.9 Å². The van der Waals surface area contributed by atoms with Gasteiger partial charge in [-0.05, 0) is 42.7 Å². The van der Waals surface area contributed by atoms with Crippen LogP contribution < -0.4 is 5.73 Å². The Morgan fingerprint density at radius 3 is 2.97 bits per heavy atom. The Kier molecular flexibility index (Phi) is 5.31. The highest BCUT2D eigenvalue weighted by molar-refractivity contribution is 6.30. The molecule has 0 bridgehead atoms. The monoisotopic (exact) mass is 408 g/mol. The van der Waals surface area contributed by atoms with Crippen LogP contribution >= 0.6 is 11.6 Å². The van der Waals surface area contributed by atoms with Crippen LogP contribution in [0.25, 0.3) is 23.2 Å². The first-order valence-corrected chi connectivity index (χ1v) is 9.78. The topological polar surface area (TPSA) is 89.9 Å². The largest absolute Gasteiger partial charge is 0.383 e. The molecule has 0 radical (unpaired) electrons. The summed E-state index contributed by atoms with van der Waals surface area (Å²) < 4.78 is 1.87. The molecule has 148 valence electrons. The molecule has 1 amide bonds. The predicted octanol–water partition coefficient (Wildman–Crippen LogP) is 3.58. The summed E-state index contributed by atoms with van der Waals surface area (Å²) in [5.41, 5.74) is 8.46. The van der Waals surface area contributed by atoms with Gasteiger partial charge in [-0.3, -0.25) is 4.79 Å². The van der Waals surface area contributed by atoms with Crippen molar-refractivity contribution in [3.63, 3.8) is 0 Å². The van der Waals surface area contributed by atoms with Crippen LogP contribution in [-0.2, 0) is 4.79 Å². The van der Waals surface area contributed by atoms with Gasteiger partial charge in [0.1, 0.15) is 12.1 Å². The van der Waals surface area contributed by atoms with Crippen molar-refractivity contribution in [3.05, 3.63) is 59.5 Å². The number of carbonyl (C=O) groups excluding carboxylic acids is 1. The lowest BCUT2D eigenvalue weighted by Gasteiger charge is -2.32. The Morgan fingerprint density at radius 1 is 1.31 bits per heavy atom. The molecule has 0 aliphatic carbocycles. The summed E-state index contributed by atoms with van der Waals surface area (Å²) >= 11 is 6.07. The van der Waals surface area contributed by atoms with E-state index in [2.05, 4.69) is 16.5 Å². The molecule has 1 aliphatic heterocycles. The second kappa shape index (κ2) is 8.05. The number of hydrogen-bond donors (Lipinski definition) is 1. The summed E-state index contributed by atoms with van der Waals surface area (Å²) in [5.74, 6) is 0.309. The normalized spacial score (nSPS) is 17.1. The molecule has 1 aliphatic rings. The smallest absolute Gasteiger partial charge is 0.246 e. The zero-order chi connectivity index (χ0) is 20.4. The number of anilines is 1. The van der Waals surface area contributed by atoms with Gasteiger partial charge in [0.25, 0.3) is 0 Å². The summed E-state index contributed by atoms with van der Waals surface area (Å²) in [6.07, 6.45) is 8.40. The van der Waals surface area contributed by atoms with E-state index in [4.69, 9.17) is 22.4 Å². The van der Waals surface area contributed by atoms with Gasteiger partial charge < -0.3 is 10.6 Å². The molecule has 1 fully saturated rings. The number of benzene rings is 1.